The van der Waals surface area contributed by atoms with Crippen molar-refractivity contribution in [2.45, 2.75) is 19.0 Å². The Morgan fingerprint density at radius 3 is 2.26 bits per heavy atom. The van der Waals surface area contributed by atoms with Gasteiger partial charge < -0.3 is 0 Å². The molecular weight excluding hydrogens is 281 g/mol. The zero-order valence-electron chi connectivity index (χ0n) is 10.1. The van der Waals surface area contributed by atoms with Crippen molar-refractivity contribution in [1.82, 2.24) is 0 Å². The summed E-state index contributed by atoms with van der Waals surface area (Å²) in [6.45, 7) is 1.88. The van der Waals surface area contributed by atoms with E-state index in [0.717, 1.165) is 12.1 Å². The third-order valence-corrected chi connectivity index (χ3v) is 4.68. The predicted molar refractivity (Wildman–Crippen MR) is 63.1 cm³/mol. The van der Waals surface area contributed by atoms with Crippen molar-refractivity contribution in [3.8, 4) is 0 Å². The highest BCUT2D eigenvalue weighted by Crippen LogP contribution is 2.33. The first kappa shape index (κ1) is 14.3. The van der Waals surface area contributed by atoms with Crippen molar-refractivity contribution in [3.63, 3.8) is 0 Å². The minimum atomic E-state index is -4.36. The normalized spacial score (nSPS) is 24.3. The molecule has 7 heteroatoms. The van der Waals surface area contributed by atoms with E-state index in [4.69, 9.17) is 0 Å². The van der Waals surface area contributed by atoms with Crippen LogP contribution in [-0.4, -0.2) is 20.8 Å². The predicted octanol–water partition coefficient (Wildman–Crippen LogP) is 2.79. The molecular formula is C12H13F3O3S. The highest BCUT2D eigenvalue weighted by Gasteiger charge is 2.34. The molecule has 0 spiro atoms. The van der Waals surface area contributed by atoms with E-state index in [1.807, 2.05) is 0 Å². The molecule has 2 atom stereocenters. The fraction of sp³-hybridized carbons (Fsp3) is 0.500. The number of halogens is 3. The Morgan fingerprint density at radius 1 is 1.26 bits per heavy atom. The lowest BCUT2D eigenvalue weighted by Gasteiger charge is -2.17. The second-order valence-electron chi connectivity index (χ2n) is 4.68. The number of rotatable bonds is 2. The van der Waals surface area contributed by atoms with Crippen LogP contribution in [0.4, 0.5) is 13.2 Å². The first-order chi connectivity index (χ1) is 8.69. The summed E-state index contributed by atoms with van der Waals surface area (Å²) in [4.78, 5) is 0. The van der Waals surface area contributed by atoms with Crippen LogP contribution in [-0.2, 0) is 20.5 Å². The molecule has 0 N–H and O–H groups in total. The molecule has 0 bridgehead atoms. The smallest absolute Gasteiger partial charge is 0.270 e. The molecule has 2 rings (SSSR count). The van der Waals surface area contributed by atoms with Gasteiger partial charge in [-0.2, -0.15) is 21.6 Å². The zero-order chi connectivity index (χ0) is 14.3. The van der Waals surface area contributed by atoms with E-state index >= 15 is 0 Å². The number of hydrogen-bond donors (Lipinski definition) is 0. The average Bonchev–Trinajstić information content (AvgIpc) is 2.68. The Hall–Kier alpha value is -1.08. The quantitative estimate of drug-likeness (QED) is 0.788. The molecule has 0 saturated carbocycles. The lowest BCUT2D eigenvalue weighted by molar-refractivity contribution is -0.137. The second kappa shape index (κ2) is 4.79. The van der Waals surface area contributed by atoms with Crippen LogP contribution in [0, 0.1) is 5.92 Å². The van der Waals surface area contributed by atoms with Crippen LogP contribution in [0.25, 0.3) is 0 Å². The summed E-state index contributed by atoms with van der Waals surface area (Å²) in [5, 5.41) is 0. The Morgan fingerprint density at radius 2 is 1.84 bits per heavy atom. The van der Waals surface area contributed by atoms with Crippen molar-refractivity contribution < 1.29 is 25.8 Å². The Balaban J connectivity index is 2.15. The lowest BCUT2D eigenvalue weighted by atomic mass is 9.89. The van der Waals surface area contributed by atoms with Gasteiger partial charge in [-0.3, -0.25) is 4.18 Å². The van der Waals surface area contributed by atoms with E-state index < -0.39 is 21.9 Å². The fourth-order valence-corrected chi connectivity index (χ4v) is 3.47. The minimum absolute atomic E-state index is 0.0878. The van der Waals surface area contributed by atoms with E-state index in [9.17, 15) is 21.6 Å². The van der Waals surface area contributed by atoms with Crippen LogP contribution in [0.2, 0.25) is 0 Å². The maximum absolute atomic E-state index is 12.4. The van der Waals surface area contributed by atoms with Gasteiger partial charge in [-0.25, -0.2) is 0 Å². The van der Waals surface area contributed by atoms with Crippen molar-refractivity contribution >= 4 is 10.1 Å². The van der Waals surface area contributed by atoms with Crippen LogP contribution in [0.3, 0.4) is 0 Å². The van der Waals surface area contributed by atoms with Gasteiger partial charge in [0.25, 0.3) is 10.1 Å². The largest absolute Gasteiger partial charge is 0.416 e. The molecule has 1 aliphatic heterocycles. The molecule has 106 valence electrons. The molecule has 2 unspecified atom stereocenters. The first-order valence-corrected chi connectivity index (χ1v) is 7.31. The van der Waals surface area contributed by atoms with Crippen LogP contribution >= 0.6 is 0 Å². The average molecular weight is 294 g/mol. The molecule has 0 aromatic heterocycles. The van der Waals surface area contributed by atoms with E-state index in [1.165, 1.54) is 12.1 Å². The highest BCUT2D eigenvalue weighted by atomic mass is 32.2. The molecule has 0 aliphatic carbocycles. The van der Waals surface area contributed by atoms with Gasteiger partial charge in [0.15, 0.2) is 0 Å². The maximum atomic E-state index is 12.4. The van der Waals surface area contributed by atoms with Crippen molar-refractivity contribution in [3.05, 3.63) is 35.4 Å². The van der Waals surface area contributed by atoms with Crippen molar-refractivity contribution in [2.24, 2.45) is 5.92 Å². The number of hydrogen-bond acceptors (Lipinski definition) is 3. The van der Waals surface area contributed by atoms with Crippen LogP contribution in [0.5, 0.6) is 0 Å². The molecule has 1 aromatic carbocycles. The van der Waals surface area contributed by atoms with Gasteiger partial charge >= 0.3 is 6.18 Å². The van der Waals surface area contributed by atoms with Gasteiger partial charge in [-0.1, -0.05) is 19.1 Å². The minimum Gasteiger partial charge on any atom is -0.270 e. The monoisotopic (exact) mass is 294 g/mol. The molecule has 1 saturated heterocycles. The zero-order valence-corrected chi connectivity index (χ0v) is 11.0. The maximum Gasteiger partial charge on any atom is 0.416 e. The Bertz CT molecular complexity index is 549. The van der Waals surface area contributed by atoms with Gasteiger partial charge in [-0.15, -0.1) is 0 Å². The summed E-state index contributed by atoms with van der Waals surface area (Å²) in [5.41, 5.74) is -0.0301. The lowest BCUT2D eigenvalue weighted by Crippen LogP contribution is -2.14. The van der Waals surface area contributed by atoms with E-state index in [-0.39, 0.29) is 24.2 Å². The van der Waals surface area contributed by atoms with Crippen LogP contribution in [0.15, 0.2) is 24.3 Å². The number of alkyl halides is 3. The molecule has 1 heterocycles. The third kappa shape index (κ3) is 3.27. The van der Waals surface area contributed by atoms with E-state index in [0.29, 0.717) is 5.56 Å². The Labute approximate surface area is 109 Å². The first-order valence-electron chi connectivity index (χ1n) is 5.73. The van der Waals surface area contributed by atoms with Gasteiger partial charge in [0.05, 0.1) is 17.9 Å². The molecule has 19 heavy (non-hydrogen) atoms. The molecule has 1 aliphatic rings. The summed E-state index contributed by atoms with van der Waals surface area (Å²) in [7, 11) is -3.46. The van der Waals surface area contributed by atoms with Crippen LogP contribution in [0.1, 0.15) is 24.0 Å². The molecule has 1 fully saturated rings. The fourth-order valence-electron chi connectivity index (χ4n) is 2.09. The summed E-state index contributed by atoms with van der Waals surface area (Å²) < 4.78 is 64.3. The summed E-state index contributed by atoms with van der Waals surface area (Å²) in [5.74, 6) is -0.476. The Kier molecular flexibility index (Phi) is 3.61. The van der Waals surface area contributed by atoms with Crippen molar-refractivity contribution in [1.29, 1.82) is 0 Å². The topological polar surface area (TPSA) is 43.4 Å². The van der Waals surface area contributed by atoms with Gasteiger partial charge in [0.1, 0.15) is 0 Å². The van der Waals surface area contributed by atoms with E-state index in [1.54, 1.807) is 6.92 Å². The SMILES string of the molecule is CC(c1ccc(C(F)(F)F)cc1)C1COS(=O)(=O)C1. The highest BCUT2D eigenvalue weighted by molar-refractivity contribution is 7.86. The van der Waals surface area contributed by atoms with Gasteiger partial charge in [0.2, 0.25) is 0 Å². The van der Waals surface area contributed by atoms with E-state index in [2.05, 4.69) is 4.18 Å². The third-order valence-electron chi connectivity index (χ3n) is 3.35. The summed E-state index contributed by atoms with van der Waals surface area (Å²) in [6.07, 6.45) is -4.36. The van der Waals surface area contributed by atoms with Crippen LogP contribution < -0.4 is 0 Å². The molecule has 0 amide bonds. The molecule has 3 nitrogen and oxygen atoms in total. The summed E-state index contributed by atoms with van der Waals surface area (Å²) in [6, 6.07) is 4.79. The second-order valence-corrected chi connectivity index (χ2v) is 6.36. The van der Waals surface area contributed by atoms with Crippen molar-refractivity contribution in [2.75, 3.05) is 12.4 Å². The standard InChI is InChI=1S/C12H13F3O3S/c1-8(10-6-18-19(16,17)7-10)9-2-4-11(5-3-9)12(13,14)15/h2-5,8,10H,6-7H2,1H3. The summed E-state index contributed by atoms with van der Waals surface area (Å²) >= 11 is 0. The molecule has 1 aromatic rings. The molecule has 0 radical (unpaired) electrons. The van der Waals surface area contributed by atoms with Gasteiger partial charge in [-0.05, 0) is 23.6 Å². The number of benzene rings is 1. The van der Waals surface area contributed by atoms with Gasteiger partial charge in [0, 0.05) is 5.92 Å².